The topological polar surface area (TPSA) is 46.2 Å². The Bertz CT molecular complexity index is 310. The van der Waals surface area contributed by atoms with Crippen LogP contribution >= 0.6 is 11.6 Å². The van der Waals surface area contributed by atoms with E-state index in [0.29, 0.717) is 17.1 Å². The van der Waals surface area contributed by atoms with E-state index in [4.69, 9.17) is 17.3 Å². The highest BCUT2D eigenvalue weighted by Gasteiger charge is 2.09. The average Bonchev–Trinajstić information content (AvgIpc) is 2.08. The van der Waals surface area contributed by atoms with Crippen molar-refractivity contribution in [2.75, 3.05) is 0 Å². The number of benzene rings is 1. The van der Waals surface area contributed by atoms with Crippen LogP contribution in [0, 0.1) is 13.8 Å². The first-order valence-electron chi connectivity index (χ1n) is 3.75. The molecule has 0 aliphatic heterocycles. The van der Waals surface area contributed by atoms with E-state index in [0.717, 1.165) is 11.1 Å². The third kappa shape index (κ3) is 1.40. The summed E-state index contributed by atoms with van der Waals surface area (Å²) in [4.78, 5) is 0. The minimum absolute atomic E-state index is 0.113. The molecule has 0 aliphatic carbocycles. The number of hydrogen-bond donors (Lipinski definition) is 2. The molecule has 0 radical (unpaired) electrons. The van der Waals surface area contributed by atoms with Crippen molar-refractivity contribution >= 4 is 11.6 Å². The molecular weight excluding hydrogens is 174 g/mol. The van der Waals surface area contributed by atoms with Crippen molar-refractivity contribution in [1.29, 1.82) is 0 Å². The first kappa shape index (κ1) is 9.36. The molecule has 0 saturated heterocycles. The van der Waals surface area contributed by atoms with Crippen molar-refractivity contribution in [2.24, 2.45) is 5.73 Å². The monoisotopic (exact) mass is 185 g/mol. The third-order valence-electron chi connectivity index (χ3n) is 2.04. The fourth-order valence-corrected chi connectivity index (χ4v) is 1.36. The molecule has 1 aromatic carbocycles. The highest BCUT2D eigenvalue weighted by molar-refractivity contribution is 6.33. The van der Waals surface area contributed by atoms with Crippen LogP contribution in [0.15, 0.2) is 6.07 Å². The smallest absolute Gasteiger partial charge is 0.138 e. The fraction of sp³-hybridized carbons (Fsp3) is 0.333. The molecule has 0 atom stereocenters. The molecule has 66 valence electrons. The van der Waals surface area contributed by atoms with Gasteiger partial charge in [-0.15, -0.1) is 0 Å². The Hall–Kier alpha value is -0.730. The summed E-state index contributed by atoms with van der Waals surface area (Å²) >= 11 is 5.86. The van der Waals surface area contributed by atoms with Crippen molar-refractivity contribution in [3.05, 3.63) is 27.8 Å². The van der Waals surface area contributed by atoms with Gasteiger partial charge in [0.15, 0.2) is 0 Å². The lowest BCUT2D eigenvalue weighted by Crippen LogP contribution is -1.98. The van der Waals surface area contributed by atoms with Gasteiger partial charge in [-0.05, 0) is 25.0 Å². The van der Waals surface area contributed by atoms with Crippen LogP contribution in [0.4, 0.5) is 0 Å². The molecule has 1 aromatic rings. The lowest BCUT2D eigenvalue weighted by Gasteiger charge is -2.09. The van der Waals surface area contributed by atoms with Crippen LogP contribution < -0.4 is 5.73 Å². The summed E-state index contributed by atoms with van der Waals surface area (Å²) in [7, 11) is 0. The Balaban J connectivity index is 3.39. The zero-order chi connectivity index (χ0) is 9.30. The second kappa shape index (κ2) is 3.33. The maximum atomic E-state index is 9.49. The van der Waals surface area contributed by atoms with Crippen LogP contribution in [-0.2, 0) is 6.54 Å². The summed E-state index contributed by atoms with van der Waals surface area (Å²) < 4.78 is 0. The van der Waals surface area contributed by atoms with Gasteiger partial charge in [0.2, 0.25) is 0 Å². The molecular formula is C9H12ClNO. The molecule has 0 unspecified atom stereocenters. The van der Waals surface area contributed by atoms with Gasteiger partial charge in [0.25, 0.3) is 0 Å². The summed E-state index contributed by atoms with van der Waals surface area (Å²) in [5, 5.41) is 9.90. The van der Waals surface area contributed by atoms with Crippen LogP contribution in [-0.4, -0.2) is 5.11 Å². The van der Waals surface area contributed by atoms with Crippen LogP contribution in [0.1, 0.15) is 16.7 Å². The first-order valence-corrected chi connectivity index (χ1v) is 4.13. The van der Waals surface area contributed by atoms with Gasteiger partial charge in [-0.3, -0.25) is 0 Å². The van der Waals surface area contributed by atoms with Gasteiger partial charge in [0.1, 0.15) is 5.75 Å². The molecule has 1 rings (SSSR count). The van der Waals surface area contributed by atoms with Crippen LogP contribution in [0.3, 0.4) is 0 Å². The average molecular weight is 186 g/mol. The van der Waals surface area contributed by atoms with E-state index in [1.807, 2.05) is 19.9 Å². The van der Waals surface area contributed by atoms with Crippen molar-refractivity contribution in [3.63, 3.8) is 0 Å². The number of halogens is 1. The van der Waals surface area contributed by atoms with Crippen molar-refractivity contribution in [2.45, 2.75) is 20.4 Å². The molecule has 0 aliphatic rings. The Kier molecular flexibility index (Phi) is 2.60. The fourth-order valence-electron chi connectivity index (χ4n) is 1.09. The van der Waals surface area contributed by atoms with E-state index in [-0.39, 0.29) is 5.75 Å². The largest absolute Gasteiger partial charge is 0.506 e. The number of aromatic hydroxyl groups is 1. The van der Waals surface area contributed by atoms with Gasteiger partial charge in [-0.1, -0.05) is 17.7 Å². The molecule has 3 heteroatoms. The van der Waals surface area contributed by atoms with Gasteiger partial charge in [0, 0.05) is 12.1 Å². The van der Waals surface area contributed by atoms with E-state index >= 15 is 0 Å². The molecule has 0 aromatic heterocycles. The maximum absolute atomic E-state index is 9.49. The number of phenolic OH excluding ortho intramolecular Hbond substituents is 1. The molecule has 3 N–H and O–H groups in total. The quantitative estimate of drug-likeness (QED) is 0.704. The van der Waals surface area contributed by atoms with E-state index in [1.54, 1.807) is 0 Å². The molecule has 0 fully saturated rings. The minimum atomic E-state index is 0.113. The number of aryl methyl sites for hydroxylation is 1. The van der Waals surface area contributed by atoms with E-state index in [2.05, 4.69) is 0 Å². The summed E-state index contributed by atoms with van der Waals surface area (Å²) in [6.07, 6.45) is 0. The molecule has 12 heavy (non-hydrogen) atoms. The predicted molar refractivity (Wildman–Crippen MR) is 50.5 cm³/mol. The summed E-state index contributed by atoms with van der Waals surface area (Å²) in [6.45, 7) is 4.13. The standard InChI is InChI=1S/C9H12ClNO/c1-5-3-7(4-11)9(12)8(10)6(5)2/h3,12H,4,11H2,1-2H3. The number of phenols is 1. The second-order valence-corrected chi connectivity index (χ2v) is 3.22. The van der Waals surface area contributed by atoms with E-state index < -0.39 is 0 Å². The van der Waals surface area contributed by atoms with Gasteiger partial charge in [-0.25, -0.2) is 0 Å². The molecule has 0 saturated carbocycles. The Labute approximate surface area is 77.0 Å². The highest BCUT2D eigenvalue weighted by Crippen LogP contribution is 2.32. The Morgan fingerprint density at radius 2 is 2.08 bits per heavy atom. The van der Waals surface area contributed by atoms with Crippen LogP contribution in [0.2, 0.25) is 5.02 Å². The number of hydrogen-bond acceptors (Lipinski definition) is 2. The summed E-state index contributed by atoms with van der Waals surface area (Å²) in [6, 6.07) is 1.86. The van der Waals surface area contributed by atoms with Gasteiger partial charge < -0.3 is 10.8 Å². The van der Waals surface area contributed by atoms with Gasteiger partial charge in [-0.2, -0.15) is 0 Å². The Morgan fingerprint density at radius 1 is 1.50 bits per heavy atom. The number of nitrogens with two attached hydrogens (primary N) is 1. The molecule has 0 spiro atoms. The van der Waals surface area contributed by atoms with Crippen molar-refractivity contribution in [1.82, 2.24) is 0 Å². The molecule has 2 nitrogen and oxygen atoms in total. The zero-order valence-corrected chi connectivity index (χ0v) is 7.94. The van der Waals surface area contributed by atoms with Gasteiger partial charge in [0.05, 0.1) is 5.02 Å². The molecule has 0 bridgehead atoms. The van der Waals surface area contributed by atoms with Crippen LogP contribution in [0.25, 0.3) is 0 Å². The molecule has 0 heterocycles. The normalized spacial score (nSPS) is 10.3. The lowest BCUT2D eigenvalue weighted by molar-refractivity contribution is 0.468. The van der Waals surface area contributed by atoms with Crippen molar-refractivity contribution < 1.29 is 5.11 Å². The zero-order valence-electron chi connectivity index (χ0n) is 7.19. The third-order valence-corrected chi connectivity index (χ3v) is 2.51. The number of rotatable bonds is 1. The summed E-state index contributed by atoms with van der Waals surface area (Å²) in [5.41, 5.74) is 8.08. The van der Waals surface area contributed by atoms with Crippen LogP contribution in [0.5, 0.6) is 5.75 Å². The maximum Gasteiger partial charge on any atom is 0.138 e. The van der Waals surface area contributed by atoms with Crippen molar-refractivity contribution in [3.8, 4) is 5.75 Å². The summed E-state index contributed by atoms with van der Waals surface area (Å²) in [5.74, 6) is 0.113. The second-order valence-electron chi connectivity index (χ2n) is 2.84. The van der Waals surface area contributed by atoms with E-state index in [1.165, 1.54) is 0 Å². The predicted octanol–water partition coefficient (Wildman–Crippen LogP) is 2.12. The SMILES string of the molecule is Cc1cc(CN)c(O)c(Cl)c1C. The highest BCUT2D eigenvalue weighted by atomic mass is 35.5. The molecule has 0 amide bonds. The van der Waals surface area contributed by atoms with E-state index in [9.17, 15) is 5.11 Å². The minimum Gasteiger partial charge on any atom is -0.506 e. The Morgan fingerprint density at radius 3 is 2.58 bits per heavy atom. The lowest BCUT2D eigenvalue weighted by atomic mass is 10.1. The first-order chi connectivity index (χ1) is 5.57. The van der Waals surface area contributed by atoms with Gasteiger partial charge >= 0.3 is 0 Å².